The molecule has 1 aliphatic heterocycles. The molecular weight excluding hydrogens is 393 g/mol. The van der Waals surface area contributed by atoms with Crippen molar-refractivity contribution in [3.63, 3.8) is 0 Å². The van der Waals surface area contributed by atoms with E-state index in [1.165, 1.54) is 19.3 Å². The third-order valence-corrected chi connectivity index (χ3v) is 5.14. The second-order valence-electron chi connectivity index (χ2n) is 6.91. The third-order valence-electron chi connectivity index (χ3n) is 5.14. The van der Waals surface area contributed by atoms with Gasteiger partial charge in [0.2, 0.25) is 11.8 Å². The molecule has 0 spiro atoms. The number of likely N-dealkylation sites (tertiary alicyclic amines) is 1. The van der Waals surface area contributed by atoms with Crippen LogP contribution in [0.1, 0.15) is 25.1 Å². The van der Waals surface area contributed by atoms with Gasteiger partial charge in [0, 0.05) is 19.4 Å². The number of hydrogen-bond donors (Lipinski definition) is 0. The molecule has 0 radical (unpaired) electrons. The highest BCUT2D eigenvalue weighted by molar-refractivity contribution is 6.07. The minimum Gasteiger partial charge on any atom is -0.439 e. The van der Waals surface area contributed by atoms with Crippen molar-refractivity contribution in [2.24, 2.45) is 18.9 Å². The summed E-state index contributed by atoms with van der Waals surface area (Å²) in [6.07, 6.45) is 0.0503. The molecule has 3 rings (SSSR count). The molecule has 8 nitrogen and oxygen atoms in total. The summed E-state index contributed by atoms with van der Waals surface area (Å²) >= 11 is 0. The van der Waals surface area contributed by atoms with Crippen LogP contribution >= 0.6 is 0 Å². The van der Waals surface area contributed by atoms with Crippen molar-refractivity contribution in [1.29, 1.82) is 5.26 Å². The van der Waals surface area contributed by atoms with E-state index < -0.39 is 60.2 Å². The minimum absolute atomic E-state index is 0.328. The Hall–Kier alpha value is -3.16. The highest BCUT2D eigenvalue weighted by atomic mass is 19.4. The second-order valence-corrected chi connectivity index (χ2v) is 6.91. The highest BCUT2D eigenvalue weighted by Gasteiger charge is 2.62. The number of ether oxygens (including phenoxy) is 1. The molecule has 1 aromatic rings. The molecule has 3 atom stereocenters. The standard InChI is InChI=1S/C18H17F3N4O4/c1-24-9-8-23-16(24)17(6-7-22,18(19,20)21)29-13(26)10-25-14(27)11-4-2-3-5-12(11)15(25)28/h2-3,8-9,11-12H,4-6,10H2,1H3/t11-,12+,17-/m0/s1. The summed E-state index contributed by atoms with van der Waals surface area (Å²) in [5, 5.41) is 8.97. The number of imidazole rings is 1. The molecule has 2 heterocycles. The Labute approximate surface area is 163 Å². The van der Waals surface area contributed by atoms with Crippen LogP contribution < -0.4 is 0 Å². The Morgan fingerprint density at radius 2 is 1.86 bits per heavy atom. The van der Waals surface area contributed by atoms with Crippen LogP contribution in [0.5, 0.6) is 0 Å². The van der Waals surface area contributed by atoms with Crippen LogP contribution in [0.4, 0.5) is 13.2 Å². The third kappa shape index (κ3) is 3.39. The van der Waals surface area contributed by atoms with Gasteiger partial charge in [-0.3, -0.25) is 19.3 Å². The van der Waals surface area contributed by atoms with Crippen molar-refractivity contribution < 1.29 is 32.3 Å². The SMILES string of the molecule is Cn1ccnc1[C@](CC#N)(OC(=O)CN1C(=O)[C@H]2CC=CC[C@H]2C1=O)C(F)(F)F. The van der Waals surface area contributed by atoms with E-state index in [4.69, 9.17) is 10.00 Å². The zero-order valence-electron chi connectivity index (χ0n) is 15.3. The van der Waals surface area contributed by atoms with Crippen molar-refractivity contribution in [3.05, 3.63) is 30.4 Å². The molecule has 29 heavy (non-hydrogen) atoms. The van der Waals surface area contributed by atoms with Crippen LogP contribution in [0.3, 0.4) is 0 Å². The average Bonchev–Trinajstić information content (AvgIpc) is 3.18. The van der Waals surface area contributed by atoms with Crippen molar-refractivity contribution in [2.45, 2.75) is 31.0 Å². The number of amides is 2. The largest absolute Gasteiger partial charge is 0.439 e. The number of fused-ring (bicyclic) bond motifs is 1. The molecule has 2 aliphatic rings. The molecule has 1 saturated heterocycles. The zero-order chi connectivity index (χ0) is 21.4. The molecule has 0 N–H and O–H groups in total. The summed E-state index contributed by atoms with van der Waals surface area (Å²) < 4.78 is 47.5. The van der Waals surface area contributed by atoms with Gasteiger partial charge in [0.25, 0.3) is 5.60 Å². The molecule has 1 aromatic heterocycles. The van der Waals surface area contributed by atoms with Gasteiger partial charge in [-0.2, -0.15) is 18.4 Å². The van der Waals surface area contributed by atoms with E-state index in [0.717, 1.165) is 10.8 Å². The molecule has 11 heteroatoms. The normalized spacial score (nSPS) is 23.5. The predicted octanol–water partition coefficient (Wildman–Crippen LogP) is 1.59. The lowest BCUT2D eigenvalue weighted by Gasteiger charge is -2.33. The first-order chi connectivity index (χ1) is 13.6. The molecule has 1 fully saturated rings. The summed E-state index contributed by atoms with van der Waals surface area (Å²) in [5.74, 6) is -4.61. The van der Waals surface area contributed by atoms with Crippen LogP contribution in [0, 0.1) is 23.2 Å². The average molecular weight is 410 g/mol. The van der Waals surface area contributed by atoms with Crippen LogP contribution in [0.2, 0.25) is 0 Å². The van der Waals surface area contributed by atoms with Crippen LogP contribution in [-0.2, 0) is 31.8 Å². The number of allylic oxidation sites excluding steroid dienone is 2. The minimum atomic E-state index is -5.16. The fourth-order valence-electron chi connectivity index (χ4n) is 3.69. The Morgan fingerprint density at radius 1 is 1.28 bits per heavy atom. The van der Waals surface area contributed by atoms with Gasteiger partial charge in [0.1, 0.15) is 6.54 Å². The highest BCUT2D eigenvalue weighted by Crippen LogP contribution is 2.44. The molecule has 0 unspecified atom stereocenters. The number of imide groups is 1. The summed E-state index contributed by atoms with van der Waals surface area (Å²) in [6, 6.07) is 1.38. The molecule has 154 valence electrons. The number of carbonyl (C=O) groups excluding carboxylic acids is 3. The summed E-state index contributed by atoms with van der Waals surface area (Å²) in [5.41, 5.74) is -3.32. The molecule has 0 bridgehead atoms. The van der Waals surface area contributed by atoms with Crippen LogP contribution in [0.15, 0.2) is 24.5 Å². The van der Waals surface area contributed by atoms with E-state index >= 15 is 0 Å². The Morgan fingerprint density at radius 3 is 2.31 bits per heavy atom. The molecular formula is C18H17F3N4O4. The van der Waals surface area contributed by atoms with Gasteiger partial charge < -0.3 is 9.30 Å². The summed E-state index contributed by atoms with van der Waals surface area (Å²) in [4.78, 5) is 41.5. The number of esters is 1. The first-order valence-electron chi connectivity index (χ1n) is 8.76. The van der Waals surface area contributed by atoms with Crippen molar-refractivity contribution in [1.82, 2.24) is 14.5 Å². The maximum absolute atomic E-state index is 13.9. The lowest BCUT2D eigenvalue weighted by Crippen LogP contribution is -2.49. The van der Waals surface area contributed by atoms with Gasteiger partial charge in [-0.15, -0.1) is 0 Å². The monoisotopic (exact) mass is 410 g/mol. The van der Waals surface area contributed by atoms with Gasteiger partial charge in [0.15, 0.2) is 5.82 Å². The molecule has 0 aromatic carbocycles. The van der Waals surface area contributed by atoms with Crippen LogP contribution in [-0.4, -0.2) is 45.0 Å². The quantitative estimate of drug-likeness (QED) is 0.415. The molecule has 0 saturated carbocycles. The number of alkyl halides is 3. The Bertz CT molecular complexity index is 891. The van der Waals surface area contributed by atoms with Gasteiger partial charge in [-0.05, 0) is 12.8 Å². The van der Waals surface area contributed by atoms with Gasteiger partial charge in [0.05, 0.1) is 24.3 Å². The number of hydrogen-bond acceptors (Lipinski definition) is 6. The smallest absolute Gasteiger partial charge is 0.436 e. The fourth-order valence-corrected chi connectivity index (χ4v) is 3.69. The number of rotatable bonds is 5. The maximum atomic E-state index is 13.9. The van der Waals surface area contributed by atoms with E-state index in [2.05, 4.69) is 4.98 Å². The second kappa shape index (κ2) is 7.35. The number of nitrogens with zero attached hydrogens (tertiary/aromatic N) is 4. The van der Waals surface area contributed by atoms with Gasteiger partial charge in [-0.25, -0.2) is 4.98 Å². The number of halogens is 3. The first kappa shape index (κ1) is 20.6. The summed E-state index contributed by atoms with van der Waals surface area (Å²) in [7, 11) is 1.26. The van der Waals surface area contributed by atoms with E-state index in [1.807, 2.05) is 0 Å². The number of aromatic nitrogens is 2. The number of aryl methyl sites for hydroxylation is 1. The lowest BCUT2D eigenvalue weighted by molar-refractivity contribution is -0.278. The number of carbonyl (C=O) groups is 3. The molecule has 1 aliphatic carbocycles. The van der Waals surface area contributed by atoms with Crippen LogP contribution in [0.25, 0.3) is 0 Å². The van der Waals surface area contributed by atoms with E-state index in [1.54, 1.807) is 12.2 Å². The first-order valence-corrected chi connectivity index (χ1v) is 8.76. The van der Waals surface area contributed by atoms with E-state index in [0.29, 0.717) is 17.7 Å². The zero-order valence-corrected chi connectivity index (χ0v) is 15.3. The van der Waals surface area contributed by atoms with Crippen molar-refractivity contribution in [2.75, 3.05) is 6.54 Å². The van der Waals surface area contributed by atoms with Gasteiger partial charge >= 0.3 is 12.1 Å². The van der Waals surface area contributed by atoms with Gasteiger partial charge in [-0.1, -0.05) is 12.2 Å². The lowest BCUT2D eigenvalue weighted by atomic mass is 9.85. The predicted molar refractivity (Wildman–Crippen MR) is 89.3 cm³/mol. The maximum Gasteiger partial charge on any atom is 0.436 e. The Balaban J connectivity index is 1.86. The van der Waals surface area contributed by atoms with Crippen molar-refractivity contribution in [3.8, 4) is 6.07 Å². The fraction of sp³-hybridized carbons (Fsp3) is 0.500. The van der Waals surface area contributed by atoms with E-state index in [9.17, 15) is 27.6 Å². The number of nitriles is 1. The molecule has 2 amide bonds. The Kier molecular flexibility index (Phi) is 5.21. The summed E-state index contributed by atoms with van der Waals surface area (Å²) in [6.45, 7) is -0.960. The van der Waals surface area contributed by atoms with E-state index in [-0.39, 0.29) is 0 Å². The topological polar surface area (TPSA) is 105 Å². The van der Waals surface area contributed by atoms with Crippen molar-refractivity contribution >= 4 is 17.8 Å².